The van der Waals surface area contributed by atoms with Crippen molar-refractivity contribution in [3.05, 3.63) is 41.9 Å². The summed E-state index contributed by atoms with van der Waals surface area (Å²) in [5.41, 5.74) is 1.59. The zero-order valence-corrected chi connectivity index (χ0v) is 15.7. The molecule has 4 N–H and O–H groups in total. The predicted octanol–water partition coefficient (Wildman–Crippen LogP) is 0.922. The number of rotatable bonds is 6. The summed E-state index contributed by atoms with van der Waals surface area (Å²) < 4.78 is 5.08. The smallest absolute Gasteiger partial charge is 0.356 e. The van der Waals surface area contributed by atoms with Gasteiger partial charge in [0.2, 0.25) is 5.91 Å². The van der Waals surface area contributed by atoms with Crippen LogP contribution in [0.5, 0.6) is 0 Å². The fourth-order valence-corrected chi connectivity index (χ4v) is 4.68. The van der Waals surface area contributed by atoms with Gasteiger partial charge in [0.15, 0.2) is 5.70 Å². The van der Waals surface area contributed by atoms with Crippen molar-refractivity contribution in [3.8, 4) is 0 Å². The Bertz CT molecular complexity index is 1000. The first-order chi connectivity index (χ1) is 13.5. The maximum absolute atomic E-state index is 12.4. The molecule has 9 nitrogen and oxygen atoms in total. The van der Waals surface area contributed by atoms with E-state index in [-0.39, 0.29) is 23.9 Å². The van der Waals surface area contributed by atoms with Gasteiger partial charge in [0, 0.05) is 17.1 Å². The first kappa shape index (κ1) is 18.2. The number of nitrogens with one attached hydrogen (secondary N) is 3. The molecule has 28 heavy (non-hydrogen) atoms. The van der Waals surface area contributed by atoms with E-state index in [0.29, 0.717) is 5.75 Å². The number of aromatic amines is 1. The van der Waals surface area contributed by atoms with Crippen LogP contribution in [0, 0.1) is 0 Å². The number of carboxylic acid groups (broad SMARTS) is 1. The van der Waals surface area contributed by atoms with Crippen molar-refractivity contribution in [2.45, 2.75) is 11.4 Å². The minimum Gasteiger partial charge on any atom is -0.498 e. The monoisotopic (exact) mass is 402 g/mol. The van der Waals surface area contributed by atoms with Gasteiger partial charge in [0.25, 0.3) is 5.91 Å². The Kier molecular flexibility index (Phi) is 4.63. The lowest BCUT2D eigenvalue weighted by Crippen LogP contribution is -2.70. The number of aliphatic carboxylic acids is 1. The number of aromatic nitrogens is 1. The summed E-state index contributed by atoms with van der Waals surface area (Å²) in [4.78, 5) is 40.5. The van der Waals surface area contributed by atoms with E-state index in [4.69, 9.17) is 4.74 Å². The van der Waals surface area contributed by atoms with Crippen LogP contribution in [0.3, 0.4) is 0 Å². The Hall–Kier alpha value is -3.14. The number of thioether (sulfide) groups is 1. The average molecular weight is 402 g/mol. The second-order valence-corrected chi connectivity index (χ2v) is 7.44. The summed E-state index contributed by atoms with van der Waals surface area (Å²) in [6.07, 6.45) is 1.78. The maximum atomic E-state index is 12.4. The van der Waals surface area contributed by atoms with Crippen LogP contribution in [0.2, 0.25) is 0 Å². The van der Waals surface area contributed by atoms with Crippen molar-refractivity contribution < 1.29 is 24.2 Å². The number of benzene rings is 1. The fraction of sp³-hybridized carbons (Fsp3) is 0.278. The second kappa shape index (κ2) is 7.12. The van der Waals surface area contributed by atoms with Gasteiger partial charge in [-0.05, 0) is 6.07 Å². The Labute approximate surface area is 164 Å². The largest absolute Gasteiger partial charge is 0.498 e. The summed E-state index contributed by atoms with van der Waals surface area (Å²) in [6.45, 7) is -0.00599. The normalized spacial score (nSPS) is 21.2. The molecule has 1 aromatic carbocycles. The van der Waals surface area contributed by atoms with Crippen molar-refractivity contribution in [2.24, 2.45) is 0 Å². The molecular formula is C18H18N4O5S. The molecular weight excluding hydrogens is 384 g/mol. The Balaban J connectivity index is 1.39. The van der Waals surface area contributed by atoms with Crippen molar-refractivity contribution in [1.82, 2.24) is 15.2 Å². The van der Waals surface area contributed by atoms with E-state index in [1.807, 2.05) is 24.3 Å². The number of ether oxygens (including phenoxy) is 1. The van der Waals surface area contributed by atoms with E-state index in [0.717, 1.165) is 16.6 Å². The van der Waals surface area contributed by atoms with Gasteiger partial charge in [0.05, 0.1) is 25.1 Å². The van der Waals surface area contributed by atoms with Gasteiger partial charge in [0.1, 0.15) is 17.2 Å². The zero-order valence-electron chi connectivity index (χ0n) is 14.9. The molecule has 0 saturated carbocycles. The highest BCUT2D eigenvalue weighted by Crippen LogP contribution is 2.40. The third-order valence-electron chi connectivity index (χ3n) is 4.73. The van der Waals surface area contributed by atoms with Gasteiger partial charge in [-0.1, -0.05) is 18.2 Å². The SMILES string of the molecule is COC1=C(C(=O)O)N2C(=O)C(NC(=O)CNc3c[nH]c4ccccc34)[C@@H]2SC1. The number of carbonyl (C=O) groups excluding carboxylic acids is 2. The molecule has 4 rings (SSSR count). The molecule has 0 spiro atoms. The van der Waals surface area contributed by atoms with Crippen LogP contribution in [0.4, 0.5) is 5.69 Å². The standard InChI is InChI=1S/C18H18N4O5S/c1-27-12-8-28-17-14(16(24)22(17)15(12)18(25)26)21-13(23)7-20-11-6-19-10-5-3-2-4-9(10)11/h2-6,14,17,19-20H,7-8H2,1H3,(H,21,23)(H,25,26)/t14?,17-/m0/s1. The van der Waals surface area contributed by atoms with E-state index in [2.05, 4.69) is 15.6 Å². The first-order valence-electron chi connectivity index (χ1n) is 8.55. The topological polar surface area (TPSA) is 124 Å². The molecule has 1 fully saturated rings. The van der Waals surface area contributed by atoms with Crippen LogP contribution < -0.4 is 10.6 Å². The van der Waals surface area contributed by atoms with Gasteiger partial charge in [-0.3, -0.25) is 14.5 Å². The highest BCUT2D eigenvalue weighted by Gasteiger charge is 2.54. The van der Waals surface area contributed by atoms with Crippen molar-refractivity contribution in [1.29, 1.82) is 0 Å². The number of hydrogen-bond donors (Lipinski definition) is 4. The molecule has 0 aliphatic carbocycles. The number of anilines is 1. The number of methoxy groups -OCH3 is 1. The number of β-lactam (4-membered cyclic amide) rings is 1. The molecule has 1 unspecified atom stereocenters. The molecule has 1 saturated heterocycles. The lowest BCUT2D eigenvalue weighted by Gasteiger charge is -2.48. The molecule has 2 aliphatic rings. The van der Waals surface area contributed by atoms with Crippen molar-refractivity contribution in [2.75, 3.05) is 24.7 Å². The van der Waals surface area contributed by atoms with Crippen LogP contribution in [0.25, 0.3) is 10.9 Å². The van der Waals surface area contributed by atoms with Gasteiger partial charge in [-0.15, -0.1) is 11.8 Å². The van der Waals surface area contributed by atoms with Crippen LogP contribution >= 0.6 is 11.8 Å². The summed E-state index contributed by atoms with van der Waals surface area (Å²) in [5, 5.41) is 15.6. The molecule has 2 aromatic rings. The second-order valence-electron chi connectivity index (χ2n) is 6.34. The zero-order chi connectivity index (χ0) is 19.8. The number of H-pyrrole nitrogens is 1. The van der Waals surface area contributed by atoms with Gasteiger partial charge in [-0.2, -0.15) is 0 Å². The third kappa shape index (κ3) is 2.95. The number of nitrogens with zero attached hydrogens (tertiary/aromatic N) is 1. The van der Waals surface area contributed by atoms with E-state index in [1.165, 1.54) is 23.8 Å². The molecule has 10 heteroatoms. The van der Waals surface area contributed by atoms with Crippen LogP contribution in [0.15, 0.2) is 41.9 Å². The molecule has 146 valence electrons. The third-order valence-corrected chi connectivity index (χ3v) is 5.98. The minimum atomic E-state index is -1.22. The van der Waals surface area contributed by atoms with Crippen LogP contribution in [-0.2, 0) is 19.1 Å². The summed E-state index contributed by atoms with van der Waals surface area (Å²) in [5.74, 6) is -1.45. The molecule has 2 amide bonds. The van der Waals surface area contributed by atoms with Gasteiger partial charge in [-0.25, -0.2) is 4.79 Å². The molecule has 3 heterocycles. The number of para-hydroxylation sites is 1. The van der Waals surface area contributed by atoms with Crippen molar-refractivity contribution >= 4 is 46.1 Å². The number of fused-ring (bicyclic) bond motifs is 2. The van der Waals surface area contributed by atoms with E-state index < -0.39 is 23.3 Å². The van der Waals surface area contributed by atoms with E-state index >= 15 is 0 Å². The molecule has 2 atom stereocenters. The van der Waals surface area contributed by atoms with Crippen LogP contribution in [0.1, 0.15) is 0 Å². The number of carbonyl (C=O) groups is 3. The van der Waals surface area contributed by atoms with E-state index in [1.54, 1.807) is 6.20 Å². The van der Waals surface area contributed by atoms with Crippen LogP contribution in [-0.4, -0.2) is 63.6 Å². The molecule has 0 radical (unpaired) electrons. The summed E-state index contributed by atoms with van der Waals surface area (Å²) in [6, 6.07) is 6.94. The highest BCUT2D eigenvalue weighted by molar-refractivity contribution is 8.00. The highest BCUT2D eigenvalue weighted by atomic mass is 32.2. The van der Waals surface area contributed by atoms with Crippen molar-refractivity contribution in [3.63, 3.8) is 0 Å². The molecule has 0 bridgehead atoms. The number of carboxylic acids is 1. The molecule has 1 aromatic heterocycles. The summed E-state index contributed by atoms with van der Waals surface area (Å²) >= 11 is 1.36. The fourth-order valence-electron chi connectivity index (χ4n) is 3.36. The first-order valence-corrected chi connectivity index (χ1v) is 9.60. The number of amides is 2. The lowest BCUT2D eigenvalue weighted by molar-refractivity contribution is -0.151. The quantitative estimate of drug-likeness (QED) is 0.530. The minimum absolute atomic E-state index is 0.00599. The molecule has 2 aliphatic heterocycles. The Morgan fingerprint density at radius 3 is 2.93 bits per heavy atom. The lowest BCUT2D eigenvalue weighted by atomic mass is 10.0. The maximum Gasteiger partial charge on any atom is 0.356 e. The summed E-state index contributed by atoms with van der Waals surface area (Å²) in [7, 11) is 1.37. The van der Waals surface area contributed by atoms with Gasteiger partial charge >= 0.3 is 5.97 Å². The van der Waals surface area contributed by atoms with Gasteiger partial charge < -0.3 is 25.5 Å². The average Bonchev–Trinajstić information content (AvgIpc) is 3.12. The Morgan fingerprint density at radius 2 is 2.18 bits per heavy atom. The predicted molar refractivity (Wildman–Crippen MR) is 103 cm³/mol. The van der Waals surface area contributed by atoms with E-state index in [9.17, 15) is 19.5 Å². The number of hydrogen-bond acceptors (Lipinski definition) is 6. The Morgan fingerprint density at radius 1 is 1.39 bits per heavy atom.